The van der Waals surface area contributed by atoms with Crippen LogP contribution in [0.4, 0.5) is 4.39 Å². The van der Waals surface area contributed by atoms with Crippen molar-refractivity contribution >= 4 is 38.5 Å². The van der Waals surface area contributed by atoms with Gasteiger partial charge in [0.1, 0.15) is 11.4 Å². The van der Waals surface area contributed by atoms with Crippen molar-refractivity contribution in [2.24, 2.45) is 11.3 Å². The van der Waals surface area contributed by atoms with Gasteiger partial charge in [0.2, 0.25) is 5.91 Å². The fourth-order valence-corrected chi connectivity index (χ4v) is 7.23. The summed E-state index contributed by atoms with van der Waals surface area (Å²) in [5.41, 5.74) is 2.81. The molecule has 0 fully saturated rings. The van der Waals surface area contributed by atoms with Gasteiger partial charge >= 0.3 is 0 Å². The second-order valence-corrected chi connectivity index (χ2v) is 13.8. The molecule has 1 aliphatic heterocycles. The van der Waals surface area contributed by atoms with E-state index in [1.54, 1.807) is 17.6 Å². The third-order valence-electron chi connectivity index (χ3n) is 9.72. The van der Waals surface area contributed by atoms with Crippen molar-refractivity contribution < 1.29 is 19.1 Å². The van der Waals surface area contributed by atoms with Crippen LogP contribution in [-0.2, 0) is 34.6 Å². The Morgan fingerprint density at radius 1 is 1.22 bits per heavy atom. The summed E-state index contributed by atoms with van der Waals surface area (Å²) >= 11 is 3.44. The molecule has 0 unspecified atom stereocenters. The highest BCUT2D eigenvalue weighted by Crippen LogP contribution is 2.47. The Kier molecular flexibility index (Phi) is 6.58. The Morgan fingerprint density at radius 3 is 2.63 bits per heavy atom. The normalized spacial score (nSPS) is 21.9. The number of hydrogen-bond donors (Lipinski definition) is 2. The number of aliphatic hydroxyl groups is 1. The van der Waals surface area contributed by atoms with Crippen LogP contribution in [0.15, 0.2) is 21.4 Å². The van der Waals surface area contributed by atoms with E-state index >= 15 is 4.39 Å². The third kappa shape index (κ3) is 4.22. The Morgan fingerprint density at radius 2 is 1.95 bits per heavy atom. The van der Waals surface area contributed by atoms with Gasteiger partial charge in [0.05, 0.1) is 34.0 Å². The van der Waals surface area contributed by atoms with E-state index in [0.29, 0.717) is 51.8 Å². The second kappa shape index (κ2) is 9.56. The maximum absolute atomic E-state index is 15.1. The van der Waals surface area contributed by atoms with Gasteiger partial charge in [-0.2, -0.15) is 0 Å². The Balaban J connectivity index is 1.54. The molecule has 0 bridgehead atoms. The molecule has 1 aromatic carbocycles. The third-order valence-corrected chi connectivity index (χ3v) is 10.6. The smallest absolute Gasteiger partial charge is 0.254 e. The number of ketones is 1. The van der Waals surface area contributed by atoms with Crippen LogP contribution in [0.25, 0.3) is 22.3 Å². The number of halogens is 2. The van der Waals surface area contributed by atoms with E-state index in [0.717, 1.165) is 22.1 Å². The minimum Gasteiger partial charge on any atom is -0.377 e. The summed E-state index contributed by atoms with van der Waals surface area (Å²) in [6, 6.07) is 2.79. The Hall–Kier alpha value is -2.91. The molecule has 3 heterocycles. The molecular weight excluding hydrogens is 589 g/mol. The maximum Gasteiger partial charge on any atom is 0.254 e. The number of aryl methyl sites for hydroxylation is 1. The fraction of sp³-hybridized carbons (Fsp3) is 0.500. The van der Waals surface area contributed by atoms with E-state index in [9.17, 15) is 19.5 Å². The molecule has 2 aromatic heterocycles. The van der Waals surface area contributed by atoms with Crippen molar-refractivity contribution in [2.75, 3.05) is 0 Å². The van der Waals surface area contributed by atoms with E-state index < -0.39 is 11.4 Å². The summed E-state index contributed by atoms with van der Waals surface area (Å²) in [6.45, 7) is 10.4. The Labute approximate surface area is 246 Å². The lowest BCUT2D eigenvalue weighted by atomic mass is 9.77. The van der Waals surface area contributed by atoms with Crippen molar-refractivity contribution in [1.82, 2.24) is 14.9 Å². The van der Waals surface area contributed by atoms with Gasteiger partial charge in [0.15, 0.2) is 5.78 Å². The van der Waals surface area contributed by atoms with Gasteiger partial charge in [-0.25, -0.2) is 9.37 Å². The fourth-order valence-electron chi connectivity index (χ4n) is 6.72. The number of fused-ring (bicyclic) bond motifs is 5. The van der Waals surface area contributed by atoms with Crippen LogP contribution in [0, 0.1) is 17.2 Å². The topological polar surface area (TPSA) is 101 Å². The highest BCUT2D eigenvalue weighted by atomic mass is 79.9. The lowest BCUT2D eigenvalue weighted by molar-refractivity contribution is -0.140. The number of pyridine rings is 2. The molecular formula is C32H35BrFN3O4. The molecule has 3 aromatic rings. The molecule has 9 heteroatoms. The van der Waals surface area contributed by atoms with Crippen LogP contribution in [0.1, 0.15) is 94.2 Å². The molecule has 2 aliphatic carbocycles. The zero-order valence-electron chi connectivity index (χ0n) is 24.1. The van der Waals surface area contributed by atoms with Gasteiger partial charge in [-0.15, -0.1) is 0 Å². The average Bonchev–Trinajstić information content (AvgIpc) is 3.28. The first-order valence-corrected chi connectivity index (χ1v) is 15.2. The van der Waals surface area contributed by atoms with Gasteiger partial charge in [0.25, 0.3) is 5.56 Å². The second-order valence-electron chi connectivity index (χ2n) is 13.0. The number of benzene rings is 1. The van der Waals surface area contributed by atoms with Crippen LogP contribution < -0.4 is 10.9 Å². The van der Waals surface area contributed by atoms with Gasteiger partial charge < -0.3 is 15.0 Å². The van der Waals surface area contributed by atoms with Crippen LogP contribution in [0.3, 0.4) is 0 Å². The first kappa shape index (κ1) is 28.2. The molecule has 0 saturated carbocycles. The first-order valence-electron chi connectivity index (χ1n) is 14.4. The SMILES string of the molecule is CC[C@@]1(O)C(=O)CCc2c1cc1n(c2=O)Cc2c-1nc1cc(F)c(Br)c3c1c2[C@@H](NC(=O)C[C@@H](C)C(C)(C)C)CC3. The molecule has 3 atom stereocenters. The predicted molar refractivity (Wildman–Crippen MR) is 158 cm³/mol. The monoisotopic (exact) mass is 623 g/mol. The quantitative estimate of drug-likeness (QED) is 0.307. The molecule has 3 aliphatic rings. The van der Waals surface area contributed by atoms with E-state index in [4.69, 9.17) is 4.98 Å². The number of nitrogens with zero attached hydrogens (tertiary/aromatic N) is 2. The number of Topliss-reactive ketones (excluding diaryl/α,β-unsaturated/α-hetero) is 1. The van der Waals surface area contributed by atoms with Gasteiger partial charge in [-0.3, -0.25) is 14.4 Å². The minimum atomic E-state index is -1.72. The number of carbonyl (C=O) groups is 2. The van der Waals surface area contributed by atoms with Crippen molar-refractivity contribution in [3.8, 4) is 11.4 Å². The minimum absolute atomic E-state index is 0.0200. The average molecular weight is 625 g/mol. The van der Waals surface area contributed by atoms with Crippen molar-refractivity contribution in [3.05, 3.63) is 60.6 Å². The molecule has 6 rings (SSSR count). The van der Waals surface area contributed by atoms with E-state index in [1.807, 2.05) is 0 Å². The molecule has 216 valence electrons. The summed E-state index contributed by atoms with van der Waals surface area (Å²) in [5.74, 6) is -0.589. The predicted octanol–water partition coefficient (Wildman–Crippen LogP) is 5.62. The molecule has 7 nitrogen and oxygen atoms in total. The zero-order chi connectivity index (χ0) is 29.6. The van der Waals surface area contributed by atoms with Crippen LogP contribution in [-0.4, -0.2) is 26.3 Å². The zero-order valence-corrected chi connectivity index (χ0v) is 25.7. The summed E-state index contributed by atoms with van der Waals surface area (Å²) in [5, 5.41) is 15.4. The van der Waals surface area contributed by atoms with Crippen LogP contribution in [0.2, 0.25) is 0 Å². The lowest BCUT2D eigenvalue weighted by Crippen LogP contribution is -2.43. The molecule has 41 heavy (non-hydrogen) atoms. The largest absolute Gasteiger partial charge is 0.377 e. The van der Waals surface area contributed by atoms with Crippen molar-refractivity contribution in [1.29, 1.82) is 0 Å². The molecule has 0 saturated heterocycles. The van der Waals surface area contributed by atoms with Gasteiger partial charge in [0, 0.05) is 41.0 Å². The number of rotatable bonds is 4. The maximum atomic E-state index is 15.1. The molecule has 0 radical (unpaired) electrons. The first-order chi connectivity index (χ1) is 19.3. The molecule has 2 N–H and O–H groups in total. The van der Waals surface area contributed by atoms with E-state index in [-0.39, 0.29) is 60.4 Å². The highest BCUT2D eigenvalue weighted by Gasteiger charge is 2.44. The van der Waals surface area contributed by atoms with Crippen LogP contribution in [0.5, 0.6) is 0 Å². The summed E-state index contributed by atoms with van der Waals surface area (Å²) in [6.07, 6.45) is 2.09. The number of hydrogen-bond acceptors (Lipinski definition) is 5. The standard InChI is InChI=1S/C32H35BrFN3O4/c1-6-32(41)19-12-23-29-18(14-37(23)30(40)16(19)8-10-24(32)38)27-21(35-25(39)11-15(2)31(3,4)5)9-7-17-26(27)22(36-29)13-20(34)28(17)33/h12-13,15,21,41H,6-11,14H2,1-5H3,(H,35,39)/t15-,21+,32+/m1/s1. The number of carbonyl (C=O) groups excluding carboxylic acids is 2. The van der Waals surface area contributed by atoms with E-state index in [1.165, 1.54) is 6.07 Å². The number of aromatic nitrogens is 2. The van der Waals surface area contributed by atoms with Crippen molar-refractivity contribution in [2.45, 2.75) is 91.3 Å². The summed E-state index contributed by atoms with van der Waals surface area (Å²) in [4.78, 5) is 44.8. The van der Waals surface area contributed by atoms with Crippen molar-refractivity contribution in [3.63, 3.8) is 0 Å². The van der Waals surface area contributed by atoms with E-state index in [2.05, 4.69) is 48.9 Å². The van der Waals surface area contributed by atoms with Gasteiger partial charge in [-0.05, 0) is 70.1 Å². The molecule has 1 amide bonds. The number of nitrogens with one attached hydrogen (secondary N) is 1. The van der Waals surface area contributed by atoms with Gasteiger partial charge in [-0.1, -0.05) is 34.6 Å². The Bertz CT molecular complexity index is 1720. The van der Waals surface area contributed by atoms with Crippen LogP contribution >= 0.6 is 15.9 Å². The number of amides is 1. The molecule has 0 spiro atoms. The summed E-state index contributed by atoms with van der Waals surface area (Å²) in [7, 11) is 0. The highest BCUT2D eigenvalue weighted by molar-refractivity contribution is 9.10. The lowest BCUT2D eigenvalue weighted by Gasteiger charge is -2.32. The summed E-state index contributed by atoms with van der Waals surface area (Å²) < 4.78 is 17.1.